The monoisotopic (exact) mass is 454 g/mol. The lowest BCUT2D eigenvalue weighted by molar-refractivity contribution is -0.384. The Morgan fingerprint density at radius 2 is 2.00 bits per heavy atom. The number of benzene rings is 2. The van der Waals surface area contributed by atoms with Crippen LogP contribution in [0, 0.1) is 10.1 Å². The standard InChI is InChI=1S/C23H26N4O6/c1-3-15(2)25-22(29)17-7-4-6-16(12-17)14-24-21(28)8-5-11-26-19-10-9-18(27(31)32)13-20(19)33-23(26)30/h4,6-7,9-10,12-13,15H,3,5,8,11,14H2,1-2H3,(H,24,28)(H,25,29). The van der Waals surface area contributed by atoms with Gasteiger partial charge in [-0.2, -0.15) is 0 Å². The number of oxazole rings is 1. The van der Waals surface area contributed by atoms with Gasteiger partial charge in [0, 0.05) is 37.2 Å². The van der Waals surface area contributed by atoms with Crippen molar-refractivity contribution in [2.24, 2.45) is 0 Å². The molecule has 3 rings (SSSR count). The van der Waals surface area contributed by atoms with Crippen LogP contribution in [0.2, 0.25) is 0 Å². The number of nitrogens with one attached hydrogen (secondary N) is 2. The molecule has 2 amide bonds. The highest BCUT2D eigenvalue weighted by molar-refractivity contribution is 5.94. The van der Waals surface area contributed by atoms with Crippen LogP contribution in [-0.4, -0.2) is 27.3 Å². The molecular weight excluding hydrogens is 428 g/mol. The molecule has 0 bridgehead atoms. The van der Waals surface area contributed by atoms with Crippen LogP contribution >= 0.6 is 0 Å². The van der Waals surface area contributed by atoms with Crippen molar-refractivity contribution in [2.45, 2.75) is 52.2 Å². The minimum Gasteiger partial charge on any atom is -0.407 e. The third kappa shape index (κ3) is 6.06. The lowest BCUT2D eigenvalue weighted by Crippen LogP contribution is -2.32. The summed E-state index contributed by atoms with van der Waals surface area (Å²) in [6, 6.07) is 11.1. The van der Waals surface area contributed by atoms with E-state index in [0.29, 0.717) is 17.5 Å². The van der Waals surface area contributed by atoms with Gasteiger partial charge in [-0.1, -0.05) is 19.1 Å². The van der Waals surface area contributed by atoms with Gasteiger partial charge in [-0.25, -0.2) is 4.79 Å². The van der Waals surface area contributed by atoms with Gasteiger partial charge in [0.1, 0.15) is 0 Å². The van der Waals surface area contributed by atoms with Crippen molar-refractivity contribution in [3.63, 3.8) is 0 Å². The zero-order valence-electron chi connectivity index (χ0n) is 18.5. The van der Waals surface area contributed by atoms with Crippen molar-refractivity contribution in [1.29, 1.82) is 0 Å². The predicted molar refractivity (Wildman–Crippen MR) is 122 cm³/mol. The molecule has 0 fully saturated rings. The highest BCUT2D eigenvalue weighted by Crippen LogP contribution is 2.20. The minimum atomic E-state index is -0.626. The summed E-state index contributed by atoms with van der Waals surface area (Å²) in [5.74, 6) is -0.972. The second kappa shape index (κ2) is 10.6. The summed E-state index contributed by atoms with van der Waals surface area (Å²) in [6.07, 6.45) is 1.40. The molecule has 0 aliphatic heterocycles. The topological polar surface area (TPSA) is 136 Å². The number of nitro groups is 1. The number of aromatic nitrogens is 1. The van der Waals surface area contributed by atoms with E-state index in [0.717, 1.165) is 12.0 Å². The number of fused-ring (bicyclic) bond motifs is 1. The van der Waals surface area contributed by atoms with Crippen molar-refractivity contribution in [1.82, 2.24) is 15.2 Å². The highest BCUT2D eigenvalue weighted by Gasteiger charge is 2.14. The second-order valence-corrected chi connectivity index (χ2v) is 7.79. The van der Waals surface area contributed by atoms with Gasteiger partial charge in [-0.3, -0.25) is 24.3 Å². The fraction of sp³-hybridized carbons (Fsp3) is 0.348. The third-order valence-electron chi connectivity index (χ3n) is 5.32. The van der Waals surface area contributed by atoms with E-state index in [1.54, 1.807) is 18.2 Å². The third-order valence-corrected chi connectivity index (χ3v) is 5.32. The molecule has 1 heterocycles. The van der Waals surface area contributed by atoms with Crippen molar-refractivity contribution in [3.8, 4) is 0 Å². The lowest BCUT2D eigenvalue weighted by Gasteiger charge is -2.12. The number of non-ortho nitro benzene ring substituents is 1. The molecule has 0 aliphatic rings. The van der Waals surface area contributed by atoms with Crippen molar-refractivity contribution < 1.29 is 18.9 Å². The molecule has 1 unspecified atom stereocenters. The largest absolute Gasteiger partial charge is 0.419 e. The van der Waals surface area contributed by atoms with Gasteiger partial charge < -0.3 is 15.1 Å². The molecule has 1 aromatic heterocycles. The molecule has 2 N–H and O–H groups in total. The maximum Gasteiger partial charge on any atom is 0.419 e. The summed E-state index contributed by atoms with van der Waals surface area (Å²) in [7, 11) is 0. The number of nitro benzene ring substituents is 1. The first-order valence-corrected chi connectivity index (χ1v) is 10.7. The smallest absolute Gasteiger partial charge is 0.407 e. The Balaban J connectivity index is 1.52. The van der Waals surface area contributed by atoms with Crippen LogP contribution in [-0.2, 0) is 17.9 Å². The quantitative estimate of drug-likeness (QED) is 0.357. The van der Waals surface area contributed by atoms with Crippen LogP contribution in [0.1, 0.15) is 49.0 Å². The van der Waals surface area contributed by atoms with Crippen LogP contribution in [0.15, 0.2) is 51.7 Å². The van der Waals surface area contributed by atoms with Gasteiger partial charge in [-0.05, 0) is 43.5 Å². The van der Waals surface area contributed by atoms with Crippen molar-refractivity contribution in [2.75, 3.05) is 0 Å². The number of nitrogens with zero attached hydrogens (tertiary/aromatic N) is 2. The lowest BCUT2D eigenvalue weighted by atomic mass is 10.1. The second-order valence-electron chi connectivity index (χ2n) is 7.79. The first-order valence-electron chi connectivity index (χ1n) is 10.7. The number of amides is 2. The van der Waals surface area contributed by atoms with E-state index in [-0.39, 0.29) is 48.6 Å². The van der Waals surface area contributed by atoms with E-state index in [1.165, 1.54) is 22.8 Å². The molecule has 0 saturated heterocycles. The van der Waals surface area contributed by atoms with Gasteiger partial charge in [0.15, 0.2) is 5.58 Å². The average molecular weight is 454 g/mol. The normalized spacial score (nSPS) is 11.8. The van der Waals surface area contributed by atoms with Gasteiger partial charge in [0.05, 0.1) is 16.5 Å². The molecule has 1 atom stereocenters. The number of hydrogen-bond acceptors (Lipinski definition) is 6. The van der Waals surface area contributed by atoms with E-state index in [4.69, 9.17) is 4.42 Å². The fourth-order valence-electron chi connectivity index (χ4n) is 3.30. The Morgan fingerprint density at radius 1 is 1.21 bits per heavy atom. The summed E-state index contributed by atoms with van der Waals surface area (Å²) in [4.78, 5) is 46.9. The van der Waals surface area contributed by atoms with Crippen LogP contribution in [0.25, 0.3) is 11.1 Å². The van der Waals surface area contributed by atoms with E-state index in [9.17, 15) is 24.5 Å². The molecule has 174 valence electrons. The van der Waals surface area contributed by atoms with Crippen LogP contribution in [0.3, 0.4) is 0 Å². The van der Waals surface area contributed by atoms with E-state index < -0.39 is 10.7 Å². The van der Waals surface area contributed by atoms with Gasteiger partial charge in [0.25, 0.3) is 11.6 Å². The highest BCUT2D eigenvalue weighted by atomic mass is 16.6. The maximum atomic E-state index is 12.3. The summed E-state index contributed by atoms with van der Waals surface area (Å²) in [5, 5.41) is 16.6. The Hall–Kier alpha value is -3.95. The Morgan fingerprint density at radius 3 is 2.73 bits per heavy atom. The number of hydrogen-bond donors (Lipinski definition) is 2. The molecule has 2 aromatic carbocycles. The van der Waals surface area contributed by atoms with E-state index in [2.05, 4.69) is 10.6 Å². The Kier molecular flexibility index (Phi) is 7.60. The van der Waals surface area contributed by atoms with Crippen LogP contribution in [0.4, 0.5) is 5.69 Å². The minimum absolute atomic E-state index is 0.0795. The number of carbonyl (C=O) groups is 2. The first kappa shape index (κ1) is 23.7. The zero-order chi connectivity index (χ0) is 24.0. The summed E-state index contributed by atoms with van der Waals surface area (Å²) in [6.45, 7) is 4.45. The SMILES string of the molecule is CCC(C)NC(=O)c1cccc(CNC(=O)CCCn2c(=O)oc3cc([N+](=O)[O-])ccc32)c1. The fourth-order valence-corrected chi connectivity index (χ4v) is 3.30. The maximum absolute atomic E-state index is 12.3. The van der Waals surface area contributed by atoms with Crippen molar-refractivity contribution >= 4 is 28.6 Å². The first-order chi connectivity index (χ1) is 15.8. The van der Waals surface area contributed by atoms with Gasteiger partial charge in [0.2, 0.25) is 5.91 Å². The van der Waals surface area contributed by atoms with E-state index in [1.807, 2.05) is 19.9 Å². The van der Waals surface area contributed by atoms with E-state index >= 15 is 0 Å². The van der Waals surface area contributed by atoms with Crippen LogP contribution in [0.5, 0.6) is 0 Å². The molecule has 0 aliphatic carbocycles. The van der Waals surface area contributed by atoms with Crippen molar-refractivity contribution in [3.05, 3.63) is 74.3 Å². The molecule has 0 saturated carbocycles. The molecular formula is C23H26N4O6. The zero-order valence-corrected chi connectivity index (χ0v) is 18.5. The Labute approximate surface area is 189 Å². The summed E-state index contributed by atoms with van der Waals surface area (Å²) < 4.78 is 6.44. The number of carbonyl (C=O) groups excluding carboxylic acids is 2. The Bertz CT molecular complexity index is 1230. The summed E-state index contributed by atoms with van der Waals surface area (Å²) in [5.41, 5.74) is 1.76. The summed E-state index contributed by atoms with van der Waals surface area (Å²) >= 11 is 0. The van der Waals surface area contributed by atoms with Gasteiger partial charge in [-0.15, -0.1) is 0 Å². The molecule has 0 spiro atoms. The molecule has 33 heavy (non-hydrogen) atoms. The molecule has 10 nitrogen and oxygen atoms in total. The molecule has 10 heteroatoms. The predicted octanol–water partition coefficient (Wildman–Crippen LogP) is 3.13. The average Bonchev–Trinajstić information content (AvgIpc) is 3.12. The number of aryl methyl sites for hydroxylation is 1. The molecule has 3 aromatic rings. The van der Waals surface area contributed by atoms with Crippen LogP contribution < -0.4 is 16.4 Å². The number of rotatable bonds is 10. The molecule has 0 radical (unpaired) electrons. The van der Waals surface area contributed by atoms with Gasteiger partial charge >= 0.3 is 5.76 Å².